The van der Waals surface area contributed by atoms with Gasteiger partial charge in [-0.25, -0.2) is 0 Å². The molecular weight excluding hydrogens is 415 g/mol. The van der Waals surface area contributed by atoms with Gasteiger partial charge in [-0.2, -0.15) is 0 Å². The van der Waals surface area contributed by atoms with Crippen LogP contribution in [0.4, 0.5) is 0 Å². The van der Waals surface area contributed by atoms with Crippen LogP contribution in [0.25, 0.3) is 0 Å². The number of benzene rings is 4. The average Bonchev–Trinajstić information content (AvgIpc) is 2.86. The normalized spacial score (nSPS) is 12.0. The number of rotatable bonds is 7. The number of carbonyl (C=O) groups excluding carboxylic acids is 2. The Kier molecular flexibility index (Phi) is 6.44. The second kappa shape index (κ2) is 9.59. The Hall–Kier alpha value is -3.75. The summed E-state index contributed by atoms with van der Waals surface area (Å²) in [7, 11) is -2.70. The van der Waals surface area contributed by atoms with Gasteiger partial charge in [-0.3, -0.25) is 9.59 Å². The summed E-state index contributed by atoms with van der Waals surface area (Å²) in [4.78, 5) is 26.3. The molecule has 3 N–H and O–H groups in total. The number of carbonyl (C=O) groups is 2. The van der Waals surface area contributed by atoms with Crippen LogP contribution in [0.5, 0.6) is 0 Å². The van der Waals surface area contributed by atoms with Crippen molar-refractivity contribution in [2.45, 2.75) is 5.78 Å². The molecule has 0 heterocycles. The van der Waals surface area contributed by atoms with Gasteiger partial charge in [0.1, 0.15) is 23.2 Å². The van der Waals surface area contributed by atoms with Crippen molar-refractivity contribution in [2.75, 3.05) is 0 Å². The minimum absolute atomic E-state index is 0.332. The largest absolute Gasteiger partial charge is 0.365 e. The summed E-state index contributed by atoms with van der Waals surface area (Å²) in [5.41, 5.74) is 6.51. The lowest BCUT2D eigenvalue weighted by Crippen LogP contribution is -2.53. The summed E-state index contributed by atoms with van der Waals surface area (Å²) >= 11 is 0. The Balaban J connectivity index is 1.98. The van der Waals surface area contributed by atoms with E-state index in [1.807, 2.05) is 97.1 Å². The minimum Gasteiger partial charge on any atom is -0.365 e. The molecule has 4 aromatic rings. The molecule has 0 aromatic heterocycles. The predicted molar refractivity (Wildman–Crippen MR) is 132 cm³/mol. The molecule has 0 aliphatic heterocycles. The third-order valence-electron chi connectivity index (χ3n) is 5.45. The fourth-order valence-electron chi connectivity index (χ4n) is 4.04. The maximum atomic E-state index is 13.2. The summed E-state index contributed by atoms with van der Waals surface area (Å²) in [6.07, 6.45) is 0. The molecule has 0 saturated carbocycles. The van der Waals surface area contributed by atoms with Gasteiger partial charge in [0.05, 0.1) is 0 Å². The highest BCUT2D eigenvalue weighted by molar-refractivity contribution is 7.96. The van der Waals surface area contributed by atoms with E-state index in [4.69, 9.17) is 5.73 Å². The summed E-state index contributed by atoms with van der Waals surface area (Å²) in [5, 5.41) is 5.91. The number of primary amides is 1. The maximum Gasteiger partial charge on any atom is 0.280 e. The monoisotopic (exact) mass is 439 g/mol. The van der Waals surface area contributed by atoms with Gasteiger partial charge in [0.15, 0.2) is 0 Å². The van der Waals surface area contributed by atoms with E-state index in [0.717, 1.165) is 15.9 Å². The standard InChI is InChI=1S/C27H23N2O2P/c28-25(30)27(29-26(31)21-13-5-1-6-14-21)32(22-15-7-2-8-16-22,23-17-9-3-10-18-23)24-19-11-4-12-20-24/h1-20,27H,(H2-,28,29,30,31)/p+1/t27-/m0/s1. The highest BCUT2D eigenvalue weighted by Crippen LogP contribution is 2.58. The van der Waals surface area contributed by atoms with Crippen molar-refractivity contribution in [1.29, 1.82) is 0 Å². The van der Waals surface area contributed by atoms with Crippen LogP contribution in [0.3, 0.4) is 0 Å². The van der Waals surface area contributed by atoms with Gasteiger partial charge < -0.3 is 11.1 Å². The molecule has 0 unspecified atom stereocenters. The molecule has 0 aliphatic carbocycles. The molecule has 0 spiro atoms. The van der Waals surface area contributed by atoms with Crippen LogP contribution in [0, 0.1) is 0 Å². The molecule has 0 fully saturated rings. The zero-order chi connectivity index (χ0) is 22.4. The molecule has 2 amide bonds. The highest BCUT2D eigenvalue weighted by Gasteiger charge is 2.56. The lowest BCUT2D eigenvalue weighted by molar-refractivity contribution is -0.118. The van der Waals surface area contributed by atoms with Crippen LogP contribution in [0.1, 0.15) is 10.4 Å². The van der Waals surface area contributed by atoms with E-state index in [0.29, 0.717) is 5.56 Å². The predicted octanol–water partition coefficient (Wildman–Crippen LogP) is 3.22. The van der Waals surface area contributed by atoms with Crippen LogP contribution in [0.15, 0.2) is 121 Å². The molecule has 0 bridgehead atoms. The topological polar surface area (TPSA) is 72.2 Å². The Labute approximate surface area is 188 Å². The van der Waals surface area contributed by atoms with E-state index in [-0.39, 0.29) is 5.91 Å². The third-order valence-corrected chi connectivity index (χ3v) is 9.95. The van der Waals surface area contributed by atoms with Crippen molar-refractivity contribution >= 4 is 35.0 Å². The molecular formula is C27H24N2O2P+. The maximum absolute atomic E-state index is 13.2. The molecule has 32 heavy (non-hydrogen) atoms. The van der Waals surface area contributed by atoms with E-state index in [9.17, 15) is 9.59 Å². The summed E-state index contributed by atoms with van der Waals surface area (Å²) in [6, 6.07) is 38.5. The molecule has 5 heteroatoms. The molecule has 4 aromatic carbocycles. The Morgan fingerprint density at radius 2 is 0.938 bits per heavy atom. The van der Waals surface area contributed by atoms with Gasteiger partial charge in [-0.1, -0.05) is 72.8 Å². The lowest BCUT2D eigenvalue weighted by atomic mass is 10.2. The van der Waals surface area contributed by atoms with Gasteiger partial charge in [-0.05, 0) is 48.5 Å². The van der Waals surface area contributed by atoms with Gasteiger partial charge in [0.2, 0.25) is 5.78 Å². The van der Waals surface area contributed by atoms with Crippen molar-refractivity contribution in [3.63, 3.8) is 0 Å². The smallest absolute Gasteiger partial charge is 0.280 e. The number of nitrogens with one attached hydrogen (secondary N) is 1. The minimum atomic E-state index is -2.70. The number of hydrogen-bond acceptors (Lipinski definition) is 2. The number of hydrogen-bond donors (Lipinski definition) is 2. The second-order valence-electron chi connectivity index (χ2n) is 7.37. The van der Waals surface area contributed by atoms with Crippen molar-refractivity contribution in [3.05, 3.63) is 127 Å². The Morgan fingerprint density at radius 1 is 0.594 bits per heavy atom. The summed E-state index contributed by atoms with van der Waals surface area (Å²) < 4.78 is 0. The van der Waals surface area contributed by atoms with E-state index >= 15 is 0 Å². The Bertz CT molecular complexity index is 1090. The molecule has 1 atom stereocenters. The molecule has 0 radical (unpaired) electrons. The first-order valence-electron chi connectivity index (χ1n) is 10.3. The zero-order valence-corrected chi connectivity index (χ0v) is 18.4. The van der Waals surface area contributed by atoms with Crippen LogP contribution in [0.2, 0.25) is 0 Å². The van der Waals surface area contributed by atoms with Crippen molar-refractivity contribution < 1.29 is 9.59 Å². The highest BCUT2D eigenvalue weighted by atomic mass is 31.2. The number of nitrogens with two attached hydrogens (primary N) is 1. The first-order chi connectivity index (χ1) is 15.6. The van der Waals surface area contributed by atoms with Crippen LogP contribution in [-0.4, -0.2) is 17.6 Å². The summed E-state index contributed by atoms with van der Waals surface area (Å²) in [5.74, 6) is -1.83. The van der Waals surface area contributed by atoms with Gasteiger partial charge in [0.25, 0.3) is 11.8 Å². The van der Waals surface area contributed by atoms with Gasteiger partial charge >= 0.3 is 0 Å². The fraction of sp³-hybridized carbons (Fsp3) is 0.0370. The Morgan fingerprint density at radius 3 is 1.28 bits per heavy atom. The van der Waals surface area contributed by atoms with E-state index in [1.165, 1.54) is 0 Å². The quantitative estimate of drug-likeness (QED) is 0.434. The van der Waals surface area contributed by atoms with Crippen molar-refractivity contribution in [3.8, 4) is 0 Å². The van der Waals surface area contributed by atoms with Crippen LogP contribution in [-0.2, 0) is 4.79 Å². The second-order valence-corrected chi connectivity index (χ2v) is 10.9. The molecule has 4 rings (SSSR count). The fourth-order valence-corrected chi connectivity index (χ4v) is 8.45. The van der Waals surface area contributed by atoms with Gasteiger partial charge in [0, 0.05) is 5.56 Å². The first-order valence-corrected chi connectivity index (χ1v) is 12.2. The lowest BCUT2D eigenvalue weighted by Gasteiger charge is -2.33. The summed E-state index contributed by atoms with van der Waals surface area (Å²) in [6.45, 7) is 0. The SMILES string of the molecule is NC(=O)[C@@H](NC(=O)c1ccccc1)[P+](c1ccccc1)(c1ccccc1)c1ccccc1. The molecule has 0 aliphatic rings. The van der Waals surface area contributed by atoms with Crippen molar-refractivity contribution in [1.82, 2.24) is 5.32 Å². The zero-order valence-electron chi connectivity index (χ0n) is 17.5. The van der Waals surface area contributed by atoms with Gasteiger partial charge in [-0.15, -0.1) is 0 Å². The van der Waals surface area contributed by atoms with Crippen LogP contribution < -0.4 is 27.0 Å². The average molecular weight is 439 g/mol. The third kappa shape index (κ3) is 4.05. The molecule has 0 saturated heterocycles. The van der Waals surface area contributed by atoms with Crippen LogP contribution >= 0.6 is 7.26 Å². The van der Waals surface area contributed by atoms with E-state index < -0.39 is 19.0 Å². The molecule has 4 nitrogen and oxygen atoms in total. The van der Waals surface area contributed by atoms with E-state index in [1.54, 1.807) is 24.3 Å². The number of amides is 2. The first kappa shape index (κ1) is 21.5. The molecule has 158 valence electrons. The van der Waals surface area contributed by atoms with E-state index in [2.05, 4.69) is 5.32 Å². The van der Waals surface area contributed by atoms with Crippen molar-refractivity contribution in [2.24, 2.45) is 5.73 Å².